The minimum absolute atomic E-state index is 0.0849. The molecule has 1 aliphatic rings. The molecule has 0 radical (unpaired) electrons. The fraction of sp³-hybridized carbons (Fsp3) is 0.346. The molecular weight excluding hydrogens is 400 g/mol. The van der Waals surface area contributed by atoms with E-state index in [0.29, 0.717) is 37.9 Å². The third kappa shape index (κ3) is 4.81. The Bertz CT molecular complexity index is 1110. The van der Waals surface area contributed by atoms with Gasteiger partial charge >= 0.3 is 0 Å². The number of fused-ring (bicyclic) bond motifs is 1. The predicted octanol–water partition coefficient (Wildman–Crippen LogP) is 3.32. The second-order valence-electron chi connectivity index (χ2n) is 8.73. The number of anilines is 1. The molecule has 2 aromatic carbocycles. The lowest BCUT2D eigenvalue weighted by Gasteiger charge is -2.41. The van der Waals surface area contributed by atoms with Crippen molar-refractivity contribution in [3.05, 3.63) is 71.9 Å². The molecule has 166 valence electrons. The molecule has 1 aromatic heterocycles. The Morgan fingerprint density at radius 3 is 2.53 bits per heavy atom. The van der Waals surface area contributed by atoms with Crippen molar-refractivity contribution in [3.63, 3.8) is 0 Å². The van der Waals surface area contributed by atoms with Crippen LogP contribution < -0.4 is 16.8 Å². The van der Waals surface area contributed by atoms with E-state index >= 15 is 0 Å². The Hall–Kier alpha value is -3.25. The van der Waals surface area contributed by atoms with Crippen molar-refractivity contribution in [2.75, 3.05) is 5.73 Å². The number of aromatic nitrogens is 1. The van der Waals surface area contributed by atoms with Crippen molar-refractivity contribution >= 4 is 28.3 Å². The van der Waals surface area contributed by atoms with Gasteiger partial charge in [0.1, 0.15) is 5.82 Å². The highest BCUT2D eigenvalue weighted by Crippen LogP contribution is 2.34. The summed E-state index contributed by atoms with van der Waals surface area (Å²) in [5.74, 6) is 0.356. The number of pyridine rings is 1. The van der Waals surface area contributed by atoms with E-state index < -0.39 is 11.6 Å². The molecule has 5 N–H and O–H groups in total. The zero-order valence-corrected chi connectivity index (χ0v) is 18.2. The standard InChI is InChI=1S/C26H30N4O2/c27-22(11-8-18-5-2-1-3-6-18)25(32)30-26(14-4-15-26)23(31)12-9-19-7-10-21-20(17-19)13-16-29-24(21)28/h1-3,5-7,10,13,16-17,22H,4,8-9,11-12,14-15,27H2,(H2,28,29)(H,30,32)/t22-/m1/s1. The Balaban J connectivity index is 1.34. The van der Waals surface area contributed by atoms with Crippen LogP contribution >= 0.6 is 0 Å². The lowest BCUT2D eigenvalue weighted by molar-refractivity contribution is -0.136. The molecule has 4 rings (SSSR count). The first-order chi connectivity index (χ1) is 15.5. The first kappa shape index (κ1) is 22.0. The number of Topliss-reactive ketones (excluding diaryl/α,β-unsaturated/α-hetero) is 1. The molecule has 1 amide bonds. The van der Waals surface area contributed by atoms with Crippen LogP contribution in [-0.4, -0.2) is 28.3 Å². The van der Waals surface area contributed by atoms with Crippen LogP contribution in [0.5, 0.6) is 0 Å². The molecule has 6 nitrogen and oxygen atoms in total. The minimum Gasteiger partial charge on any atom is -0.383 e. The zero-order chi connectivity index (χ0) is 22.6. The van der Waals surface area contributed by atoms with Gasteiger partial charge in [-0.25, -0.2) is 4.98 Å². The summed E-state index contributed by atoms with van der Waals surface area (Å²) >= 11 is 0. The van der Waals surface area contributed by atoms with E-state index in [-0.39, 0.29) is 11.7 Å². The Morgan fingerprint density at radius 1 is 1.03 bits per heavy atom. The number of amides is 1. The predicted molar refractivity (Wildman–Crippen MR) is 127 cm³/mol. The number of carbonyl (C=O) groups excluding carboxylic acids is 2. The van der Waals surface area contributed by atoms with E-state index in [4.69, 9.17) is 11.5 Å². The summed E-state index contributed by atoms with van der Waals surface area (Å²) in [5, 5.41) is 4.93. The molecule has 3 aromatic rings. The van der Waals surface area contributed by atoms with E-state index in [1.54, 1.807) is 6.20 Å². The molecule has 6 heteroatoms. The maximum atomic E-state index is 13.1. The highest BCUT2D eigenvalue weighted by Gasteiger charge is 2.44. The maximum absolute atomic E-state index is 13.1. The first-order valence-corrected chi connectivity index (χ1v) is 11.2. The van der Waals surface area contributed by atoms with Gasteiger partial charge in [-0.15, -0.1) is 0 Å². The van der Waals surface area contributed by atoms with Crippen LogP contribution in [0.15, 0.2) is 60.8 Å². The van der Waals surface area contributed by atoms with Gasteiger partial charge in [0.2, 0.25) is 5.91 Å². The normalized spacial score (nSPS) is 15.7. The van der Waals surface area contributed by atoms with Gasteiger partial charge in [0, 0.05) is 18.0 Å². The molecule has 1 fully saturated rings. The third-order valence-electron chi connectivity index (χ3n) is 6.53. The molecule has 0 spiro atoms. The molecule has 1 aliphatic carbocycles. The number of nitrogens with two attached hydrogens (primary N) is 2. The molecule has 0 bridgehead atoms. The number of rotatable bonds is 9. The number of hydrogen-bond acceptors (Lipinski definition) is 5. The smallest absolute Gasteiger partial charge is 0.237 e. The minimum atomic E-state index is -0.757. The van der Waals surface area contributed by atoms with Crippen LogP contribution in [0.4, 0.5) is 5.82 Å². The number of ketones is 1. The molecule has 0 unspecified atom stereocenters. The van der Waals surface area contributed by atoms with Crippen molar-refractivity contribution in [1.82, 2.24) is 10.3 Å². The number of hydrogen-bond donors (Lipinski definition) is 3. The summed E-state index contributed by atoms with van der Waals surface area (Å²) in [7, 11) is 0. The van der Waals surface area contributed by atoms with Crippen molar-refractivity contribution in [2.45, 2.75) is 56.5 Å². The van der Waals surface area contributed by atoms with Gasteiger partial charge in [-0.05, 0) is 61.1 Å². The van der Waals surface area contributed by atoms with E-state index in [1.165, 1.54) is 0 Å². The summed E-state index contributed by atoms with van der Waals surface area (Å²) < 4.78 is 0. The molecule has 0 aliphatic heterocycles. The van der Waals surface area contributed by atoms with Gasteiger partial charge in [-0.3, -0.25) is 9.59 Å². The van der Waals surface area contributed by atoms with E-state index in [9.17, 15) is 9.59 Å². The summed E-state index contributed by atoms with van der Waals surface area (Å²) in [4.78, 5) is 29.9. The fourth-order valence-corrected chi connectivity index (χ4v) is 4.33. The first-order valence-electron chi connectivity index (χ1n) is 11.2. The zero-order valence-electron chi connectivity index (χ0n) is 18.2. The monoisotopic (exact) mass is 430 g/mol. The quantitative estimate of drug-likeness (QED) is 0.482. The van der Waals surface area contributed by atoms with Crippen molar-refractivity contribution in [2.24, 2.45) is 5.73 Å². The molecule has 0 saturated heterocycles. The van der Waals surface area contributed by atoms with E-state index in [0.717, 1.165) is 34.7 Å². The molecule has 1 atom stereocenters. The Morgan fingerprint density at radius 2 is 1.81 bits per heavy atom. The van der Waals surface area contributed by atoms with E-state index in [2.05, 4.69) is 10.3 Å². The van der Waals surface area contributed by atoms with Crippen LogP contribution in [0, 0.1) is 0 Å². The second-order valence-corrected chi connectivity index (χ2v) is 8.73. The SMILES string of the molecule is Nc1nccc2cc(CCC(=O)C3(NC(=O)[C@H](N)CCc4ccccc4)CCC3)ccc12. The van der Waals surface area contributed by atoms with Gasteiger partial charge in [0.25, 0.3) is 0 Å². The summed E-state index contributed by atoms with van der Waals surface area (Å²) in [6.07, 6.45) is 6.28. The van der Waals surface area contributed by atoms with Crippen LogP contribution in [0.1, 0.15) is 43.2 Å². The van der Waals surface area contributed by atoms with Gasteiger partial charge in [-0.1, -0.05) is 48.5 Å². The average molecular weight is 431 g/mol. The Kier molecular flexibility index (Phi) is 6.51. The van der Waals surface area contributed by atoms with Gasteiger partial charge in [0.05, 0.1) is 11.6 Å². The fourth-order valence-electron chi connectivity index (χ4n) is 4.33. The van der Waals surface area contributed by atoms with Crippen LogP contribution in [-0.2, 0) is 22.4 Å². The number of nitrogens with zero attached hydrogens (tertiary/aromatic N) is 1. The van der Waals surface area contributed by atoms with Crippen LogP contribution in [0.25, 0.3) is 10.8 Å². The molecular formula is C26H30N4O2. The lowest BCUT2D eigenvalue weighted by Crippen LogP contribution is -2.62. The second kappa shape index (κ2) is 9.49. The Labute approximate surface area is 188 Å². The number of aryl methyl sites for hydroxylation is 2. The summed E-state index contributed by atoms with van der Waals surface area (Å²) in [6.45, 7) is 0. The topological polar surface area (TPSA) is 111 Å². The van der Waals surface area contributed by atoms with Crippen molar-refractivity contribution in [3.8, 4) is 0 Å². The maximum Gasteiger partial charge on any atom is 0.237 e. The number of nitrogens with one attached hydrogen (secondary N) is 1. The number of carbonyl (C=O) groups is 2. The van der Waals surface area contributed by atoms with E-state index in [1.807, 2.05) is 54.6 Å². The lowest BCUT2D eigenvalue weighted by atomic mass is 9.72. The molecule has 1 saturated carbocycles. The van der Waals surface area contributed by atoms with Gasteiger partial charge in [0.15, 0.2) is 5.78 Å². The number of nitrogen functional groups attached to an aromatic ring is 1. The van der Waals surface area contributed by atoms with Crippen LogP contribution in [0.2, 0.25) is 0 Å². The largest absolute Gasteiger partial charge is 0.383 e. The third-order valence-corrected chi connectivity index (χ3v) is 6.53. The number of benzene rings is 2. The average Bonchev–Trinajstić information content (AvgIpc) is 2.78. The molecule has 32 heavy (non-hydrogen) atoms. The van der Waals surface area contributed by atoms with Gasteiger partial charge < -0.3 is 16.8 Å². The summed E-state index contributed by atoms with van der Waals surface area (Å²) in [6, 6.07) is 17.2. The summed E-state index contributed by atoms with van der Waals surface area (Å²) in [5.41, 5.74) is 13.5. The van der Waals surface area contributed by atoms with Crippen molar-refractivity contribution in [1.29, 1.82) is 0 Å². The van der Waals surface area contributed by atoms with Crippen molar-refractivity contribution < 1.29 is 9.59 Å². The highest BCUT2D eigenvalue weighted by atomic mass is 16.2. The molecule has 1 heterocycles. The van der Waals surface area contributed by atoms with Gasteiger partial charge in [-0.2, -0.15) is 0 Å². The highest BCUT2D eigenvalue weighted by molar-refractivity contribution is 5.95. The van der Waals surface area contributed by atoms with Crippen LogP contribution in [0.3, 0.4) is 0 Å².